The third kappa shape index (κ3) is 3.33. The molecule has 2 heterocycles. The quantitative estimate of drug-likeness (QED) is 0.922. The molecule has 22 heavy (non-hydrogen) atoms. The summed E-state index contributed by atoms with van der Waals surface area (Å²) in [7, 11) is 0. The lowest BCUT2D eigenvalue weighted by atomic mass is 9.97. The van der Waals surface area contributed by atoms with E-state index in [1.807, 2.05) is 17.5 Å². The molecule has 1 N–H and O–H groups in total. The van der Waals surface area contributed by atoms with Gasteiger partial charge in [0.15, 0.2) is 0 Å². The van der Waals surface area contributed by atoms with E-state index >= 15 is 0 Å². The fourth-order valence-corrected chi connectivity index (χ4v) is 4.01. The first-order valence-corrected chi connectivity index (χ1v) is 8.78. The van der Waals surface area contributed by atoms with Gasteiger partial charge >= 0.3 is 0 Å². The van der Waals surface area contributed by atoms with Crippen molar-refractivity contribution in [3.8, 4) is 0 Å². The molecule has 0 bridgehead atoms. The topological polar surface area (TPSA) is 60.9 Å². The maximum absolute atomic E-state index is 12.3. The minimum absolute atomic E-state index is 0.0209. The summed E-state index contributed by atoms with van der Waals surface area (Å²) in [6.45, 7) is 2.26. The van der Waals surface area contributed by atoms with Crippen LogP contribution < -0.4 is 0 Å². The molecule has 1 aliphatic heterocycles. The molecular weight excluding hydrogens is 300 g/mol. The molecule has 0 radical (unpaired) electrons. The van der Waals surface area contributed by atoms with Crippen molar-refractivity contribution in [3.63, 3.8) is 0 Å². The molecule has 1 aromatic heterocycles. The summed E-state index contributed by atoms with van der Waals surface area (Å²) in [5.74, 6) is 0.0733. The van der Waals surface area contributed by atoms with Crippen molar-refractivity contribution < 1.29 is 14.7 Å². The lowest BCUT2D eigenvalue weighted by Crippen LogP contribution is -2.51. The van der Waals surface area contributed by atoms with Crippen LogP contribution in [0.2, 0.25) is 0 Å². The second kappa shape index (κ2) is 6.38. The number of rotatable bonds is 3. The molecule has 1 aromatic rings. The van der Waals surface area contributed by atoms with Gasteiger partial charge < -0.3 is 14.9 Å². The molecule has 120 valence electrons. The van der Waals surface area contributed by atoms with Gasteiger partial charge in [-0.15, -0.1) is 11.3 Å². The van der Waals surface area contributed by atoms with Crippen molar-refractivity contribution in [1.29, 1.82) is 0 Å². The van der Waals surface area contributed by atoms with Crippen LogP contribution >= 0.6 is 11.3 Å². The maximum Gasteiger partial charge on any atom is 0.264 e. The number of thiophene rings is 1. The number of carbonyl (C=O) groups is 2. The number of amides is 2. The van der Waals surface area contributed by atoms with Gasteiger partial charge in [-0.1, -0.05) is 18.9 Å². The van der Waals surface area contributed by atoms with Crippen molar-refractivity contribution in [1.82, 2.24) is 9.80 Å². The van der Waals surface area contributed by atoms with E-state index in [-0.39, 0.29) is 18.2 Å². The molecular formula is C16H22N2O3S. The predicted octanol–water partition coefficient (Wildman–Crippen LogP) is 1.73. The van der Waals surface area contributed by atoms with Crippen LogP contribution in [0.15, 0.2) is 17.5 Å². The average molecular weight is 322 g/mol. The van der Waals surface area contributed by atoms with E-state index in [1.54, 1.807) is 9.80 Å². The Morgan fingerprint density at radius 1 is 1.14 bits per heavy atom. The lowest BCUT2D eigenvalue weighted by Gasteiger charge is -2.36. The number of hydrogen-bond acceptors (Lipinski definition) is 4. The van der Waals surface area contributed by atoms with Crippen LogP contribution in [0.5, 0.6) is 0 Å². The largest absolute Gasteiger partial charge is 0.389 e. The second-order valence-electron chi connectivity index (χ2n) is 6.26. The van der Waals surface area contributed by atoms with Crippen molar-refractivity contribution in [2.75, 3.05) is 26.2 Å². The highest BCUT2D eigenvalue weighted by atomic mass is 32.1. The third-order valence-electron chi connectivity index (χ3n) is 4.67. The van der Waals surface area contributed by atoms with Crippen molar-refractivity contribution >= 4 is 23.2 Å². The molecule has 0 atom stereocenters. The Bertz CT molecular complexity index is 530. The van der Waals surface area contributed by atoms with Gasteiger partial charge in [-0.25, -0.2) is 0 Å². The fourth-order valence-electron chi connectivity index (χ4n) is 3.32. The summed E-state index contributed by atoms with van der Waals surface area (Å²) >= 11 is 1.45. The first-order valence-electron chi connectivity index (χ1n) is 7.90. The molecule has 1 aliphatic carbocycles. The molecule has 5 nitrogen and oxygen atoms in total. The van der Waals surface area contributed by atoms with Crippen LogP contribution in [0.25, 0.3) is 0 Å². The standard InChI is InChI=1S/C16H22N2O3S/c19-14(12-16(21)5-1-2-6-16)17-7-9-18(10-8-17)15(20)13-4-3-11-22-13/h3-4,11,21H,1-2,5-10,12H2. The van der Waals surface area contributed by atoms with Gasteiger partial charge in [0, 0.05) is 26.2 Å². The van der Waals surface area contributed by atoms with E-state index in [4.69, 9.17) is 0 Å². The second-order valence-corrected chi connectivity index (χ2v) is 7.21. The summed E-state index contributed by atoms with van der Waals surface area (Å²) in [5, 5.41) is 12.2. The molecule has 2 aliphatic rings. The average Bonchev–Trinajstić information content (AvgIpc) is 3.18. The van der Waals surface area contributed by atoms with Crippen LogP contribution in [-0.4, -0.2) is 58.5 Å². The highest BCUT2D eigenvalue weighted by Crippen LogP contribution is 2.32. The summed E-state index contributed by atoms with van der Waals surface area (Å²) in [6, 6.07) is 3.71. The molecule has 2 amide bonds. The maximum atomic E-state index is 12.3. The number of nitrogens with zero attached hydrogens (tertiary/aromatic N) is 2. The third-order valence-corrected chi connectivity index (χ3v) is 5.52. The minimum atomic E-state index is -0.791. The first-order chi connectivity index (χ1) is 10.6. The molecule has 1 saturated heterocycles. The molecule has 0 aromatic carbocycles. The number of carbonyl (C=O) groups excluding carboxylic acids is 2. The van der Waals surface area contributed by atoms with Crippen LogP contribution in [0.1, 0.15) is 41.8 Å². The monoisotopic (exact) mass is 322 g/mol. The fraction of sp³-hybridized carbons (Fsp3) is 0.625. The molecule has 2 fully saturated rings. The Morgan fingerprint density at radius 2 is 1.77 bits per heavy atom. The van der Waals surface area contributed by atoms with Crippen LogP contribution in [-0.2, 0) is 4.79 Å². The Labute approximate surface area is 134 Å². The van der Waals surface area contributed by atoms with Gasteiger partial charge in [0.25, 0.3) is 5.91 Å². The summed E-state index contributed by atoms with van der Waals surface area (Å²) < 4.78 is 0. The van der Waals surface area contributed by atoms with Crippen LogP contribution in [0.4, 0.5) is 0 Å². The summed E-state index contributed by atoms with van der Waals surface area (Å²) in [6.07, 6.45) is 3.71. The summed E-state index contributed by atoms with van der Waals surface area (Å²) in [4.78, 5) is 28.9. The van der Waals surface area contributed by atoms with Gasteiger partial charge in [-0.3, -0.25) is 9.59 Å². The number of hydrogen-bond donors (Lipinski definition) is 1. The van der Waals surface area contributed by atoms with Crippen molar-refractivity contribution in [2.45, 2.75) is 37.7 Å². The van der Waals surface area contributed by atoms with E-state index in [9.17, 15) is 14.7 Å². The zero-order chi connectivity index (χ0) is 15.6. The molecule has 0 unspecified atom stereocenters. The molecule has 3 rings (SSSR count). The zero-order valence-electron chi connectivity index (χ0n) is 12.7. The minimum Gasteiger partial charge on any atom is -0.389 e. The highest BCUT2D eigenvalue weighted by Gasteiger charge is 2.35. The number of piperazine rings is 1. The van der Waals surface area contributed by atoms with Gasteiger partial charge in [0.05, 0.1) is 16.9 Å². The Kier molecular flexibility index (Phi) is 4.49. The SMILES string of the molecule is O=C(CC1(O)CCCC1)N1CCN(C(=O)c2cccs2)CC1. The highest BCUT2D eigenvalue weighted by molar-refractivity contribution is 7.12. The Morgan fingerprint density at radius 3 is 2.36 bits per heavy atom. The molecule has 1 saturated carbocycles. The van der Waals surface area contributed by atoms with Gasteiger partial charge in [-0.2, -0.15) is 0 Å². The molecule has 6 heteroatoms. The van der Waals surface area contributed by atoms with E-state index in [1.165, 1.54) is 11.3 Å². The zero-order valence-corrected chi connectivity index (χ0v) is 13.5. The van der Waals surface area contributed by atoms with E-state index in [0.29, 0.717) is 26.2 Å². The Balaban J connectivity index is 1.51. The lowest BCUT2D eigenvalue weighted by molar-refractivity contribution is -0.137. The Hall–Kier alpha value is -1.40. The van der Waals surface area contributed by atoms with Crippen molar-refractivity contribution in [3.05, 3.63) is 22.4 Å². The van der Waals surface area contributed by atoms with Crippen LogP contribution in [0, 0.1) is 0 Å². The van der Waals surface area contributed by atoms with E-state index in [2.05, 4.69) is 0 Å². The molecule has 0 spiro atoms. The van der Waals surface area contributed by atoms with Gasteiger partial charge in [0.1, 0.15) is 0 Å². The smallest absolute Gasteiger partial charge is 0.264 e. The van der Waals surface area contributed by atoms with Crippen molar-refractivity contribution in [2.24, 2.45) is 0 Å². The normalized spacial score (nSPS) is 21.1. The predicted molar refractivity (Wildman–Crippen MR) is 84.8 cm³/mol. The van der Waals surface area contributed by atoms with E-state index in [0.717, 1.165) is 30.6 Å². The van der Waals surface area contributed by atoms with Gasteiger partial charge in [0.2, 0.25) is 5.91 Å². The van der Waals surface area contributed by atoms with Crippen LogP contribution in [0.3, 0.4) is 0 Å². The van der Waals surface area contributed by atoms with E-state index < -0.39 is 5.60 Å². The number of aliphatic hydroxyl groups is 1. The van der Waals surface area contributed by atoms with Gasteiger partial charge in [-0.05, 0) is 24.3 Å². The first kappa shape index (κ1) is 15.5. The summed E-state index contributed by atoms with van der Waals surface area (Å²) in [5.41, 5.74) is -0.791.